The molecule has 1 N–H and O–H groups in total. The highest BCUT2D eigenvalue weighted by atomic mass is 15.1. The first-order valence-corrected chi connectivity index (χ1v) is 7.92. The highest BCUT2D eigenvalue weighted by molar-refractivity contribution is 5.57. The van der Waals surface area contributed by atoms with Crippen molar-refractivity contribution in [2.24, 2.45) is 5.92 Å². The van der Waals surface area contributed by atoms with Gasteiger partial charge in [0.1, 0.15) is 0 Å². The zero-order valence-electron chi connectivity index (χ0n) is 12.1. The fraction of sp³-hybridized carbons (Fsp3) is 0.647. The molecule has 19 heavy (non-hydrogen) atoms. The lowest BCUT2D eigenvalue weighted by Crippen LogP contribution is -2.36. The van der Waals surface area contributed by atoms with Crippen molar-refractivity contribution in [3.63, 3.8) is 0 Å². The van der Waals surface area contributed by atoms with Gasteiger partial charge in [-0.3, -0.25) is 0 Å². The van der Waals surface area contributed by atoms with Gasteiger partial charge in [0.25, 0.3) is 0 Å². The Morgan fingerprint density at radius 3 is 3.11 bits per heavy atom. The minimum absolute atomic E-state index is 0.721. The van der Waals surface area contributed by atoms with Gasteiger partial charge in [-0.15, -0.1) is 0 Å². The molecule has 2 aliphatic rings. The number of piperidine rings is 1. The number of para-hydroxylation sites is 1. The van der Waals surface area contributed by atoms with E-state index < -0.39 is 0 Å². The maximum atomic E-state index is 3.54. The molecule has 2 atom stereocenters. The van der Waals surface area contributed by atoms with Crippen LogP contribution in [0.15, 0.2) is 24.3 Å². The summed E-state index contributed by atoms with van der Waals surface area (Å²) in [5.41, 5.74) is 2.89. The van der Waals surface area contributed by atoms with Gasteiger partial charge < -0.3 is 10.2 Å². The van der Waals surface area contributed by atoms with Gasteiger partial charge in [0.15, 0.2) is 0 Å². The molecule has 0 aromatic heterocycles. The van der Waals surface area contributed by atoms with E-state index in [9.17, 15) is 0 Å². The average molecular weight is 258 g/mol. The second-order valence-corrected chi connectivity index (χ2v) is 6.17. The largest absolute Gasteiger partial charge is 0.384 e. The number of anilines is 1. The molecular formula is C17H26N2. The van der Waals surface area contributed by atoms with Crippen molar-refractivity contribution in [2.75, 3.05) is 31.5 Å². The fourth-order valence-electron chi connectivity index (χ4n) is 3.64. The van der Waals surface area contributed by atoms with Gasteiger partial charge in [0.05, 0.1) is 0 Å². The quantitative estimate of drug-likeness (QED) is 0.885. The first kappa shape index (κ1) is 13.0. The van der Waals surface area contributed by atoms with E-state index in [0.29, 0.717) is 0 Å². The molecule has 1 fully saturated rings. The van der Waals surface area contributed by atoms with Crippen molar-refractivity contribution in [3.8, 4) is 0 Å². The summed E-state index contributed by atoms with van der Waals surface area (Å²) >= 11 is 0. The van der Waals surface area contributed by atoms with Gasteiger partial charge >= 0.3 is 0 Å². The lowest BCUT2D eigenvalue weighted by atomic mass is 9.94. The first-order chi connectivity index (χ1) is 9.36. The highest BCUT2D eigenvalue weighted by Crippen LogP contribution is 2.33. The molecule has 0 aliphatic carbocycles. The van der Waals surface area contributed by atoms with Crippen molar-refractivity contribution >= 4 is 5.69 Å². The normalized spacial score (nSPS) is 27.0. The van der Waals surface area contributed by atoms with Crippen molar-refractivity contribution in [1.82, 2.24) is 4.90 Å². The molecule has 3 rings (SSSR count). The van der Waals surface area contributed by atoms with Gasteiger partial charge in [-0.2, -0.15) is 0 Å². The predicted molar refractivity (Wildman–Crippen MR) is 81.7 cm³/mol. The molecule has 0 bridgehead atoms. The third-order valence-electron chi connectivity index (χ3n) is 4.91. The molecule has 1 saturated heterocycles. The summed E-state index contributed by atoms with van der Waals surface area (Å²) in [6.45, 7) is 7.39. The van der Waals surface area contributed by atoms with Crippen LogP contribution in [0.2, 0.25) is 0 Å². The Balaban J connectivity index is 1.53. The van der Waals surface area contributed by atoms with Gasteiger partial charge in [0, 0.05) is 24.7 Å². The van der Waals surface area contributed by atoms with Crippen LogP contribution in [0.25, 0.3) is 0 Å². The van der Waals surface area contributed by atoms with Crippen LogP contribution in [-0.4, -0.2) is 31.1 Å². The monoisotopic (exact) mass is 258 g/mol. The van der Waals surface area contributed by atoms with Crippen LogP contribution < -0.4 is 5.32 Å². The smallest absolute Gasteiger partial charge is 0.0376 e. The third-order valence-corrected chi connectivity index (χ3v) is 4.91. The maximum absolute atomic E-state index is 3.54. The second kappa shape index (κ2) is 5.96. The molecule has 0 amide bonds. The SMILES string of the molecule is CCC1CCCN(CCC2CNc3ccccc32)C1. The van der Waals surface area contributed by atoms with E-state index in [4.69, 9.17) is 0 Å². The number of nitrogens with one attached hydrogen (secondary N) is 1. The van der Waals surface area contributed by atoms with Crippen LogP contribution in [0.5, 0.6) is 0 Å². The Morgan fingerprint density at radius 2 is 2.21 bits per heavy atom. The minimum atomic E-state index is 0.721. The zero-order valence-corrected chi connectivity index (χ0v) is 12.1. The zero-order chi connectivity index (χ0) is 13.1. The molecule has 0 spiro atoms. The van der Waals surface area contributed by atoms with Crippen LogP contribution >= 0.6 is 0 Å². The molecule has 0 saturated carbocycles. The number of rotatable bonds is 4. The topological polar surface area (TPSA) is 15.3 Å². The molecule has 2 nitrogen and oxygen atoms in total. The molecule has 2 heteroatoms. The molecule has 2 aliphatic heterocycles. The molecule has 2 heterocycles. The summed E-state index contributed by atoms with van der Waals surface area (Å²) in [4.78, 5) is 2.69. The maximum Gasteiger partial charge on any atom is 0.0376 e. The van der Waals surface area contributed by atoms with E-state index in [-0.39, 0.29) is 0 Å². The van der Waals surface area contributed by atoms with E-state index >= 15 is 0 Å². The lowest BCUT2D eigenvalue weighted by molar-refractivity contribution is 0.167. The summed E-state index contributed by atoms with van der Waals surface area (Å²) in [7, 11) is 0. The summed E-state index contributed by atoms with van der Waals surface area (Å²) in [6.07, 6.45) is 5.50. The highest BCUT2D eigenvalue weighted by Gasteiger charge is 2.23. The van der Waals surface area contributed by atoms with Crippen molar-refractivity contribution in [1.29, 1.82) is 0 Å². The van der Waals surface area contributed by atoms with E-state index in [0.717, 1.165) is 18.4 Å². The van der Waals surface area contributed by atoms with Gasteiger partial charge in [0.2, 0.25) is 0 Å². The lowest BCUT2D eigenvalue weighted by Gasteiger charge is -2.32. The number of benzene rings is 1. The van der Waals surface area contributed by atoms with Gasteiger partial charge in [-0.1, -0.05) is 31.5 Å². The minimum Gasteiger partial charge on any atom is -0.384 e. The van der Waals surface area contributed by atoms with E-state index in [2.05, 4.69) is 41.4 Å². The van der Waals surface area contributed by atoms with Crippen molar-refractivity contribution < 1.29 is 0 Å². The molecule has 0 radical (unpaired) electrons. The summed E-state index contributed by atoms with van der Waals surface area (Å²) in [5, 5.41) is 3.54. The Hall–Kier alpha value is -1.02. The summed E-state index contributed by atoms with van der Waals surface area (Å²) in [5.74, 6) is 1.67. The first-order valence-electron chi connectivity index (χ1n) is 7.92. The summed E-state index contributed by atoms with van der Waals surface area (Å²) < 4.78 is 0. The van der Waals surface area contributed by atoms with Crippen LogP contribution in [0, 0.1) is 5.92 Å². The average Bonchev–Trinajstić information content (AvgIpc) is 2.89. The van der Waals surface area contributed by atoms with Crippen LogP contribution in [0.4, 0.5) is 5.69 Å². The summed E-state index contributed by atoms with van der Waals surface area (Å²) in [6, 6.07) is 8.81. The number of hydrogen-bond donors (Lipinski definition) is 1. The molecule has 1 aromatic carbocycles. The second-order valence-electron chi connectivity index (χ2n) is 6.17. The molecule has 2 unspecified atom stereocenters. The molecule has 104 valence electrons. The van der Waals surface area contributed by atoms with Crippen LogP contribution in [0.1, 0.15) is 44.1 Å². The predicted octanol–water partition coefficient (Wildman–Crippen LogP) is 3.71. The fourth-order valence-corrected chi connectivity index (χ4v) is 3.64. The van der Waals surface area contributed by atoms with Crippen molar-refractivity contribution in [2.45, 2.75) is 38.5 Å². The molecule has 1 aromatic rings. The Bertz CT molecular complexity index is 415. The standard InChI is InChI=1S/C17H26N2/c1-2-14-6-5-10-19(13-14)11-9-15-12-18-17-8-4-3-7-16(15)17/h3-4,7-8,14-15,18H,2,5-6,9-13H2,1H3. The molecular weight excluding hydrogens is 232 g/mol. The van der Waals surface area contributed by atoms with Crippen molar-refractivity contribution in [3.05, 3.63) is 29.8 Å². The number of nitrogens with zero attached hydrogens (tertiary/aromatic N) is 1. The number of hydrogen-bond acceptors (Lipinski definition) is 2. The van der Waals surface area contributed by atoms with Crippen LogP contribution in [-0.2, 0) is 0 Å². The Kier molecular flexibility index (Phi) is 4.07. The Labute approximate surface area is 117 Å². The van der Waals surface area contributed by atoms with Gasteiger partial charge in [-0.05, 0) is 49.9 Å². The number of fused-ring (bicyclic) bond motifs is 1. The Morgan fingerprint density at radius 1 is 1.32 bits per heavy atom. The number of likely N-dealkylation sites (tertiary alicyclic amines) is 1. The van der Waals surface area contributed by atoms with Crippen LogP contribution in [0.3, 0.4) is 0 Å². The van der Waals surface area contributed by atoms with E-state index in [1.807, 2.05) is 0 Å². The third kappa shape index (κ3) is 2.94. The van der Waals surface area contributed by atoms with E-state index in [1.165, 1.54) is 56.6 Å². The van der Waals surface area contributed by atoms with E-state index in [1.54, 1.807) is 0 Å². The van der Waals surface area contributed by atoms with Gasteiger partial charge in [-0.25, -0.2) is 0 Å².